The van der Waals surface area contributed by atoms with Crippen LogP contribution in [0.3, 0.4) is 0 Å². The first-order valence-electron chi connectivity index (χ1n) is 6.87. The van der Waals surface area contributed by atoms with Crippen LogP contribution in [0.5, 0.6) is 5.75 Å². The van der Waals surface area contributed by atoms with E-state index in [0.717, 1.165) is 5.56 Å². The highest BCUT2D eigenvalue weighted by Crippen LogP contribution is 2.31. The predicted molar refractivity (Wildman–Crippen MR) is 82.4 cm³/mol. The fourth-order valence-electron chi connectivity index (χ4n) is 2.25. The Balaban J connectivity index is 2.32. The largest absolute Gasteiger partial charge is 0.493 e. The lowest BCUT2D eigenvalue weighted by atomic mass is 9.98. The molecule has 0 heterocycles. The van der Waals surface area contributed by atoms with E-state index in [1.54, 1.807) is 12.1 Å². The van der Waals surface area contributed by atoms with Gasteiger partial charge in [0.2, 0.25) is 0 Å². The first-order valence-corrected chi connectivity index (χ1v) is 7.25. The van der Waals surface area contributed by atoms with E-state index in [-0.39, 0.29) is 6.42 Å². The zero-order valence-corrected chi connectivity index (χ0v) is 12.8. The Kier molecular flexibility index (Phi) is 5.21. The molecule has 4 heteroatoms. The van der Waals surface area contributed by atoms with E-state index in [2.05, 4.69) is 0 Å². The minimum Gasteiger partial charge on any atom is -0.493 e. The van der Waals surface area contributed by atoms with Crippen molar-refractivity contribution in [3.63, 3.8) is 0 Å². The van der Waals surface area contributed by atoms with E-state index in [1.165, 1.54) is 6.07 Å². The lowest BCUT2D eigenvalue weighted by molar-refractivity contribution is 0.171. The molecule has 0 aliphatic heterocycles. The van der Waals surface area contributed by atoms with Crippen LogP contribution >= 0.6 is 11.6 Å². The van der Waals surface area contributed by atoms with Gasteiger partial charge in [0.25, 0.3) is 0 Å². The van der Waals surface area contributed by atoms with Gasteiger partial charge >= 0.3 is 0 Å². The summed E-state index contributed by atoms with van der Waals surface area (Å²) >= 11 is 6.01. The molecule has 0 bridgehead atoms. The van der Waals surface area contributed by atoms with Crippen LogP contribution in [0.2, 0.25) is 5.02 Å². The van der Waals surface area contributed by atoms with Gasteiger partial charge in [-0.05, 0) is 38.1 Å². The maximum absolute atomic E-state index is 13.8. The second-order valence-corrected chi connectivity index (χ2v) is 5.30. The van der Waals surface area contributed by atoms with Gasteiger partial charge in [0.05, 0.1) is 12.7 Å². The Hall–Kier alpha value is -1.58. The molecule has 2 aromatic carbocycles. The quantitative estimate of drug-likeness (QED) is 0.883. The number of rotatable bonds is 5. The van der Waals surface area contributed by atoms with E-state index >= 15 is 0 Å². The summed E-state index contributed by atoms with van der Waals surface area (Å²) in [7, 11) is 0. The number of ether oxygens (including phenoxy) is 1. The SMILES string of the molecule is CCOc1ccc(C)cc1C(O)Cc1c(F)cccc1Cl. The Morgan fingerprint density at radius 3 is 2.71 bits per heavy atom. The van der Waals surface area contributed by atoms with Crippen LogP contribution < -0.4 is 4.74 Å². The molecule has 0 fully saturated rings. The van der Waals surface area contributed by atoms with Crippen molar-refractivity contribution in [3.8, 4) is 5.75 Å². The highest BCUT2D eigenvalue weighted by Gasteiger charge is 2.18. The van der Waals surface area contributed by atoms with Gasteiger partial charge in [0.1, 0.15) is 11.6 Å². The first kappa shape index (κ1) is 15.8. The number of aliphatic hydroxyl groups excluding tert-OH is 1. The smallest absolute Gasteiger partial charge is 0.127 e. The molecule has 0 saturated heterocycles. The normalized spacial score (nSPS) is 12.2. The van der Waals surface area contributed by atoms with Crippen LogP contribution in [0.25, 0.3) is 0 Å². The first-order chi connectivity index (χ1) is 10.0. The number of aryl methyl sites for hydroxylation is 1. The average Bonchev–Trinajstić information content (AvgIpc) is 2.45. The highest BCUT2D eigenvalue weighted by atomic mass is 35.5. The summed E-state index contributed by atoms with van der Waals surface area (Å²) < 4.78 is 19.4. The number of aliphatic hydroxyl groups is 1. The van der Waals surface area contributed by atoms with Gasteiger partial charge in [-0.1, -0.05) is 29.3 Å². The molecule has 0 spiro atoms. The molecule has 0 saturated carbocycles. The van der Waals surface area contributed by atoms with Crippen LogP contribution in [0, 0.1) is 12.7 Å². The van der Waals surface area contributed by atoms with Crippen molar-refractivity contribution >= 4 is 11.6 Å². The average molecular weight is 309 g/mol. The van der Waals surface area contributed by atoms with Gasteiger partial charge in [-0.15, -0.1) is 0 Å². The summed E-state index contributed by atoms with van der Waals surface area (Å²) in [5.74, 6) is 0.204. The van der Waals surface area contributed by atoms with Gasteiger partial charge in [-0.3, -0.25) is 0 Å². The van der Waals surface area contributed by atoms with Crippen LogP contribution in [-0.4, -0.2) is 11.7 Å². The second kappa shape index (κ2) is 6.92. The third kappa shape index (κ3) is 3.74. The Morgan fingerprint density at radius 1 is 1.29 bits per heavy atom. The summed E-state index contributed by atoms with van der Waals surface area (Å²) in [4.78, 5) is 0. The third-order valence-corrected chi connectivity index (χ3v) is 3.64. The third-order valence-electron chi connectivity index (χ3n) is 3.28. The molecule has 2 aromatic rings. The van der Waals surface area contributed by atoms with Crippen molar-refractivity contribution in [1.82, 2.24) is 0 Å². The number of hydrogen-bond acceptors (Lipinski definition) is 2. The number of halogens is 2. The van der Waals surface area contributed by atoms with Crippen molar-refractivity contribution in [1.29, 1.82) is 0 Å². The van der Waals surface area contributed by atoms with Crippen molar-refractivity contribution in [2.75, 3.05) is 6.61 Å². The van der Waals surface area contributed by atoms with Crippen LogP contribution in [0.1, 0.15) is 29.7 Å². The van der Waals surface area contributed by atoms with Gasteiger partial charge in [-0.25, -0.2) is 4.39 Å². The lowest BCUT2D eigenvalue weighted by Gasteiger charge is -2.17. The van der Waals surface area contributed by atoms with E-state index in [1.807, 2.05) is 32.0 Å². The fraction of sp³-hybridized carbons (Fsp3) is 0.294. The highest BCUT2D eigenvalue weighted by molar-refractivity contribution is 6.31. The van der Waals surface area contributed by atoms with Crippen molar-refractivity contribution in [2.45, 2.75) is 26.4 Å². The second-order valence-electron chi connectivity index (χ2n) is 4.89. The Morgan fingerprint density at radius 2 is 2.05 bits per heavy atom. The molecule has 0 aromatic heterocycles. The van der Waals surface area contributed by atoms with Crippen molar-refractivity contribution in [2.24, 2.45) is 0 Å². The van der Waals surface area contributed by atoms with E-state index < -0.39 is 11.9 Å². The Labute approximate surface area is 129 Å². The van der Waals surface area contributed by atoms with Crippen LogP contribution in [-0.2, 0) is 6.42 Å². The van der Waals surface area contributed by atoms with Gasteiger partial charge in [0.15, 0.2) is 0 Å². The molecule has 112 valence electrons. The van der Waals surface area contributed by atoms with Gasteiger partial charge in [0, 0.05) is 22.6 Å². The molecular weight excluding hydrogens is 291 g/mol. The summed E-state index contributed by atoms with van der Waals surface area (Å²) in [6.45, 7) is 4.31. The molecule has 1 unspecified atom stereocenters. The van der Waals surface area contributed by atoms with Crippen LogP contribution in [0.15, 0.2) is 36.4 Å². The monoisotopic (exact) mass is 308 g/mol. The number of hydrogen-bond donors (Lipinski definition) is 1. The minimum absolute atomic E-state index is 0.106. The fourth-order valence-corrected chi connectivity index (χ4v) is 2.49. The maximum atomic E-state index is 13.8. The molecule has 21 heavy (non-hydrogen) atoms. The molecule has 0 aliphatic rings. The maximum Gasteiger partial charge on any atom is 0.127 e. The van der Waals surface area contributed by atoms with Crippen molar-refractivity contribution < 1.29 is 14.2 Å². The van der Waals surface area contributed by atoms with Gasteiger partial charge < -0.3 is 9.84 Å². The molecular formula is C17H18ClFO2. The topological polar surface area (TPSA) is 29.5 Å². The summed E-state index contributed by atoms with van der Waals surface area (Å²) in [6.07, 6.45) is -0.768. The predicted octanol–water partition coefficient (Wildman–Crippen LogP) is 4.46. The summed E-state index contributed by atoms with van der Waals surface area (Å²) in [5, 5.41) is 10.8. The molecule has 1 atom stereocenters. The molecule has 0 aliphatic carbocycles. The molecule has 0 amide bonds. The summed E-state index contributed by atoms with van der Waals surface area (Å²) in [5.41, 5.74) is 1.97. The van der Waals surface area contributed by atoms with E-state index in [0.29, 0.717) is 28.5 Å². The summed E-state index contributed by atoms with van der Waals surface area (Å²) in [6, 6.07) is 10.1. The number of benzene rings is 2. The lowest BCUT2D eigenvalue weighted by Crippen LogP contribution is -2.07. The van der Waals surface area contributed by atoms with Gasteiger partial charge in [-0.2, -0.15) is 0 Å². The van der Waals surface area contributed by atoms with Crippen LogP contribution in [0.4, 0.5) is 4.39 Å². The minimum atomic E-state index is -0.874. The zero-order chi connectivity index (χ0) is 15.4. The molecule has 2 nitrogen and oxygen atoms in total. The standard InChI is InChI=1S/C17H18ClFO2/c1-3-21-17-8-7-11(2)9-13(17)16(20)10-12-14(18)5-4-6-15(12)19/h4-9,16,20H,3,10H2,1-2H3. The van der Waals surface area contributed by atoms with Crippen molar-refractivity contribution in [3.05, 3.63) is 63.9 Å². The van der Waals surface area contributed by atoms with E-state index in [9.17, 15) is 9.50 Å². The van der Waals surface area contributed by atoms with E-state index in [4.69, 9.17) is 16.3 Å². The zero-order valence-electron chi connectivity index (χ0n) is 12.1. The molecule has 2 rings (SSSR count). The molecule has 0 radical (unpaired) electrons. The Bertz CT molecular complexity index is 608. The molecule has 1 N–H and O–H groups in total.